The summed E-state index contributed by atoms with van der Waals surface area (Å²) in [4.78, 5) is 22.1. The molecule has 6 nitrogen and oxygen atoms in total. The second-order valence-electron chi connectivity index (χ2n) is 4.36. The van der Waals surface area contributed by atoms with E-state index in [2.05, 4.69) is 5.32 Å². The van der Waals surface area contributed by atoms with Crippen molar-refractivity contribution in [3.8, 4) is 0 Å². The Bertz CT molecular complexity index is 688. The van der Waals surface area contributed by atoms with Crippen LogP contribution >= 0.6 is 11.3 Å². The van der Waals surface area contributed by atoms with Gasteiger partial charge in [-0.15, -0.1) is 0 Å². The molecule has 0 bridgehead atoms. The summed E-state index contributed by atoms with van der Waals surface area (Å²) in [6.45, 7) is 1.73. The standard InChI is InChI=1S/C13H12FN3O3S/c1-7(8-4-5-21-6-8)16-13(18)11-9(14)2-3-10(12(11)15)17(19)20/h2-7H,15H2,1H3,(H,16,18). The van der Waals surface area contributed by atoms with Crippen molar-refractivity contribution < 1.29 is 14.1 Å². The predicted molar refractivity (Wildman–Crippen MR) is 77.7 cm³/mol. The Morgan fingerprint density at radius 2 is 2.19 bits per heavy atom. The number of nitrogen functional groups attached to an aromatic ring is 1. The van der Waals surface area contributed by atoms with Crippen molar-refractivity contribution in [2.45, 2.75) is 13.0 Å². The summed E-state index contributed by atoms with van der Waals surface area (Å²) < 4.78 is 13.8. The van der Waals surface area contributed by atoms with Gasteiger partial charge in [0.15, 0.2) is 0 Å². The molecule has 1 atom stereocenters. The maximum atomic E-state index is 13.8. The summed E-state index contributed by atoms with van der Waals surface area (Å²) in [6.07, 6.45) is 0. The molecule has 1 aromatic carbocycles. The number of anilines is 1. The monoisotopic (exact) mass is 309 g/mol. The molecule has 0 fully saturated rings. The minimum absolute atomic E-state index is 0.359. The quantitative estimate of drug-likeness (QED) is 0.515. The number of nitrogens with zero attached hydrogens (tertiary/aromatic N) is 1. The number of hydrogen-bond donors (Lipinski definition) is 2. The van der Waals surface area contributed by atoms with Crippen molar-refractivity contribution in [2.75, 3.05) is 5.73 Å². The molecular weight excluding hydrogens is 297 g/mol. The fourth-order valence-corrected chi connectivity index (χ4v) is 2.60. The molecule has 3 N–H and O–H groups in total. The van der Waals surface area contributed by atoms with Gasteiger partial charge in [0.2, 0.25) is 0 Å². The van der Waals surface area contributed by atoms with Gasteiger partial charge in [0.25, 0.3) is 11.6 Å². The molecule has 2 aromatic rings. The molecule has 0 spiro atoms. The largest absolute Gasteiger partial charge is 0.392 e. The van der Waals surface area contributed by atoms with Crippen LogP contribution in [-0.4, -0.2) is 10.8 Å². The summed E-state index contributed by atoms with van der Waals surface area (Å²) in [5.74, 6) is -1.68. The van der Waals surface area contributed by atoms with Crippen molar-refractivity contribution >= 4 is 28.6 Å². The molecule has 2 rings (SSSR count). The number of carbonyl (C=O) groups excluding carboxylic acids is 1. The van der Waals surface area contributed by atoms with Gasteiger partial charge in [-0.3, -0.25) is 14.9 Å². The molecule has 0 saturated carbocycles. The van der Waals surface area contributed by atoms with E-state index in [0.717, 1.165) is 17.7 Å². The number of hydrogen-bond acceptors (Lipinski definition) is 5. The maximum Gasteiger partial charge on any atom is 0.293 e. The number of nitrogens with two attached hydrogens (primary N) is 1. The van der Waals surface area contributed by atoms with E-state index in [-0.39, 0.29) is 6.04 Å². The third-order valence-corrected chi connectivity index (χ3v) is 3.69. The molecule has 0 aliphatic heterocycles. The number of carbonyl (C=O) groups is 1. The number of amides is 1. The molecule has 0 aliphatic rings. The van der Waals surface area contributed by atoms with E-state index in [4.69, 9.17) is 5.73 Å². The number of nitro benzene ring substituents is 1. The van der Waals surface area contributed by atoms with Gasteiger partial charge in [-0.1, -0.05) is 0 Å². The van der Waals surface area contributed by atoms with E-state index in [0.29, 0.717) is 0 Å². The summed E-state index contributed by atoms with van der Waals surface area (Å²) in [5, 5.41) is 17.1. The van der Waals surface area contributed by atoms with E-state index in [1.165, 1.54) is 11.3 Å². The Balaban J connectivity index is 2.31. The molecular formula is C13H12FN3O3S. The van der Waals surface area contributed by atoms with Crippen LogP contribution in [0.3, 0.4) is 0 Å². The second kappa shape index (κ2) is 5.88. The third kappa shape index (κ3) is 3.00. The van der Waals surface area contributed by atoms with Gasteiger partial charge < -0.3 is 11.1 Å². The van der Waals surface area contributed by atoms with Crippen molar-refractivity contribution in [1.29, 1.82) is 0 Å². The van der Waals surface area contributed by atoms with Crippen LogP contribution in [0.1, 0.15) is 28.9 Å². The first-order chi connectivity index (χ1) is 9.91. The zero-order valence-corrected chi connectivity index (χ0v) is 11.8. The lowest BCUT2D eigenvalue weighted by Crippen LogP contribution is -2.28. The second-order valence-corrected chi connectivity index (χ2v) is 5.14. The molecule has 8 heteroatoms. The molecule has 1 aromatic heterocycles. The fraction of sp³-hybridized carbons (Fsp3) is 0.154. The van der Waals surface area contributed by atoms with Crippen molar-refractivity contribution in [3.05, 3.63) is 56.0 Å². The van der Waals surface area contributed by atoms with Gasteiger partial charge in [-0.05, 0) is 35.4 Å². The van der Waals surface area contributed by atoms with Gasteiger partial charge in [0.1, 0.15) is 17.1 Å². The van der Waals surface area contributed by atoms with Crippen molar-refractivity contribution in [2.24, 2.45) is 0 Å². The topological polar surface area (TPSA) is 98.3 Å². The van der Waals surface area contributed by atoms with Gasteiger partial charge >= 0.3 is 0 Å². The van der Waals surface area contributed by atoms with Gasteiger partial charge in [-0.2, -0.15) is 11.3 Å². The van der Waals surface area contributed by atoms with Crippen LogP contribution in [0.25, 0.3) is 0 Å². The van der Waals surface area contributed by atoms with Gasteiger partial charge in [-0.25, -0.2) is 4.39 Å². The van der Waals surface area contributed by atoms with Crippen molar-refractivity contribution in [3.63, 3.8) is 0 Å². The minimum Gasteiger partial charge on any atom is -0.392 e. The SMILES string of the molecule is CC(NC(=O)c1c(F)ccc([N+](=O)[O-])c1N)c1ccsc1. The first-order valence-corrected chi connectivity index (χ1v) is 6.91. The zero-order chi connectivity index (χ0) is 15.6. The molecule has 0 radical (unpaired) electrons. The average molecular weight is 309 g/mol. The van der Waals surface area contributed by atoms with Crippen LogP contribution in [-0.2, 0) is 0 Å². The van der Waals surface area contributed by atoms with Crippen LogP contribution < -0.4 is 11.1 Å². The number of thiophene rings is 1. The summed E-state index contributed by atoms with van der Waals surface area (Å²) in [6, 6.07) is 3.26. The van der Waals surface area contributed by atoms with Gasteiger partial charge in [0, 0.05) is 6.07 Å². The highest BCUT2D eigenvalue weighted by Crippen LogP contribution is 2.28. The van der Waals surface area contributed by atoms with Crippen LogP contribution in [0.5, 0.6) is 0 Å². The Morgan fingerprint density at radius 3 is 2.76 bits per heavy atom. The molecule has 0 aliphatic carbocycles. The van der Waals surface area contributed by atoms with Crippen LogP contribution in [0, 0.1) is 15.9 Å². The molecule has 1 unspecified atom stereocenters. The van der Waals surface area contributed by atoms with Gasteiger partial charge in [0.05, 0.1) is 11.0 Å². The zero-order valence-electron chi connectivity index (χ0n) is 11.0. The predicted octanol–water partition coefficient (Wildman–Crippen LogP) is 2.87. The molecule has 21 heavy (non-hydrogen) atoms. The highest BCUT2D eigenvalue weighted by molar-refractivity contribution is 7.07. The van der Waals surface area contributed by atoms with Crippen LogP contribution in [0.4, 0.5) is 15.8 Å². The Morgan fingerprint density at radius 1 is 1.48 bits per heavy atom. The van der Waals surface area contributed by atoms with E-state index < -0.39 is 33.6 Å². The van der Waals surface area contributed by atoms with E-state index in [1.54, 1.807) is 6.92 Å². The number of nitrogens with one attached hydrogen (secondary N) is 1. The van der Waals surface area contributed by atoms with Crippen LogP contribution in [0.15, 0.2) is 29.0 Å². The first-order valence-electron chi connectivity index (χ1n) is 5.97. The first kappa shape index (κ1) is 14.9. The van der Waals surface area contributed by atoms with E-state index >= 15 is 0 Å². The average Bonchev–Trinajstić information content (AvgIpc) is 2.91. The van der Waals surface area contributed by atoms with Crippen LogP contribution in [0.2, 0.25) is 0 Å². The smallest absolute Gasteiger partial charge is 0.293 e. The lowest BCUT2D eigenvalue weighted by atomic mass is 10.1. The number of rotatable bonds is 4. The highest BCUT2D eigenvalue weighted by atomic mass is 32.1. The Hall–Kier alpha value is -2.48. The summed E-state index contributed by atoms with van der Waals surface area (Å²) in [7, 11) is 0. The van der Waals surface area contributed by atoms with E-state index in [1.807, 2.05) is 16.8 Å². The number of nitro groups is 1. The number of benzene rings is 1. The normalized spacial score (nSPS) is 11.9. The summed E-state index contributed by atoms with van der Waals surface area (Å²) >= 11 is 1.46. The fourth-order valence-electron chi connectivity index (χ4n) is 1.85. The highest BCUT2D eigenvalue weighted by Gasteiger charge is 2.24. The van der Waals surface area contributed by atoms with E-state index in [9.17, 15) is 19.3 Å². The molecule has 110 valence electrons. The Kier molecular flexibility index (Phi) is 4.18. The maximum absolute atomic E-state index is 13.8. The molecule has 1 heterocycles. The lowest BCUT2D eigenvalue weighted by Gasteiger charge is -2.14. The van der Waals surface area contributed by atoms with Crippen molar-refractivity contribution in [1.82, 2.24) is 5.32 Å². The minimum atomic E-state index is -0.895. The summed E-state index contributed by atoms with van der Waals surface area (Å²) in [5.41, 5.74) is 4.92. The molecule has 1 amide bonds. The Labute approximate surface area is 123 Å². The third-order valence-electron chi connectivity index (χ3n) is 2.99. The lowest BCUT2D eigenvalue weighted by molar-refractivity contribution is -0.384. The number of halogens is 1. The molecule has 0 saturated heterocycles.